The summed E-state index contributed by atoms with van der Waals surface area (Å²) in [5.74, 6) is 0.595. The van der Waals surface area contributed by atoms with Crippen molar-refractivity contribution >= 4 is 11.8 Å². The van der Waals surface area contributed by atoms with Crippen LogP contribution in [0.3, 0.4) is 0 Å². The Labute approximate surface area is 291 Å². The predicted molar refractivity (Wildman–Crippen MR) is 191 cm³/mol. The van der Waals surface area contributed by atoms with Crippen molar-refractivity contribution in [2.24, 2.45) is 10.1 Å². The number of hydrogen-bond acceptors (Lipinski definition) is 8. The number of rotatable bonds is 14. The number of nitrogens with one attached hydrogen (secondary N) is 2. The van der Waals surface area contributed by atoms with Gasteiger partial charge in [-0.05, 0) is 83.3 Å². The van der Waals surface area contributed by atoms with E-state index < -0.39 is 11.6 Å². The topological polar surface area (TPSA) is 161 Å². The van der Waals surface area contributed by atoms with Gasteiger partial charge in [0.25, 0.3) is 5.91 Å². The number of aliphatic imine (C=N–C) groups is 1. The SMILES string of the molecule is [N-]=[N+]=NCc1ccccc1C[C@]1(C(=O)NNC2CCC(O)CC2)N=C(c2ccc(OCCCO)cc2)O[C@H]1c1ccc(-c2ccccc2)cc1. The highest BCUT2D eigenvalue weighted by molar-refractivity contribution is 6.01. The van der Waals surface area contributed by atoms with Crippen LogP contribution in [0.1, 0.15) is 60.5 Å². The van der Waals surface area contributed by atoms with Gasteiger partial charge in [-0.1, -0.05) is 84.0 Å². The van der Waals surface area contributed by atoms with E-state index in [-0.39, 0.29) is 37.6 Å². The van der Waals surface area contributed by atoms with Crippen molar-refractivity contribution < 1.29 is 24.5 Å². The number of amides is 1. The molecule has 1 fully saturated rings. The van der Waals surface area contributed by atoms with Crippen LogP contribution < -0.4 is 15.6 Å². The van der Waals surface area contributed by atoms with E-state index in [4.69, 9.17) is 25.1 Å². The Morgan fingerprint density at radius 1 is 0.900 bits per heavy atom. The zero-order valence-electron chi connectivity index (χ0n) is 27.8. The summed E-state index contributed by atoms with van der Waals surface area (Å²) in [6.07, 6.45) is 2.32. The zero-order valence-corrected chi connectivity index (χ0v) is 27.8. The number of carbonyl (C=O) groups is 1. The normalized spacial score (nSPS) is 21.4. The molecule has 11 nitrogen and oxygen atoms in total. The van der Waals surface area contributed by atoms with E-state index in [1.807, 2.05) is 103 Å². The van der Waals surface area contributed by atoms with E-state index in [9.17, 15) is 9.90 Å². The van der Waals surface area contributed by atoms with E-state index in [1.54, 1.807) is 0 Å². The number of hydrogen-bond donors (Lipinski definition) is 4. The Balaban J connectivity index is 1.41. The summed E-state index contributed by atoms with van der Waals surface area (Å²) >= 11 is 0. The van der Waals surface area contributed by atoms with E-state index in [0.29, 0.717) is 43.1 Å². The van der Waals surface area contributed by atoms with Crippen LogP contribution in [0.15, 0.2) is 113 Å². The highest BCUT2D eigenvalue weighted by Gasteiger charge is 2.53. The maximum atomic E-state index is 14.7. The number of aliphatic hydroxyl groups excluding tert-OH is 2. The minimum absolute atomic E-state index is 0.00408. The maximum absolute atomic E-state index is 14.7. The molecule has 1 heterocycles. The van der Waals surface area contributed by atoms with E-state index in [1.165, 1.54) is 0 Å². The molecular formula is C39H42N6O5. The fraction of sp³-hybridized carbons (Fsp3) is 0.333. The summed E-state index contributed by atoms with van der Waals surface area (Å²) in [7, 11) is 0. The fourth-order valence-corrected chi connectivity index (χ4v) is 6.54. The Bertz CT molecular complexity index is 1800. The summed E-state index contributed by atoms with van der Waals surface area (Å²) in [6, 6.07) is 33.0. The average Bonchev–Trinajstić information content (AvgIpc) is 3.55. The van der Waals surface area contributed by atoms with Crippen LogP contribution in [0.5, 0.6) is 5.75 Å². The molecule has 0 spiro atoms. The molecule has 4 aromatic carbocycles. The Hall–Kier alpha value is -5.19. The van der Waals surface area contributed by atoms with Crippen LogP contribution in [-0.4, -0.2) is 52.9 Å². The van der Waals surface area contributed by atoms with Crippen molar-refractivity contribution in [3.8, 4) is 16.9 Å². The van der Waals surface area contributed by atoms with E-state index in [2.05, 4.69) is 20.9 Å². The Morgan fingerprint density at radius 2 is 1.56 bits per heavy atom. The zero-order chi connectivity index (χ0) is 34.8. The van der Waals surface area contributed by atoms with Crippen LogP contribution >= 0.6 is 0 Å². The average molecular weight is 675 g/mol. The molecule has 6 rings (SSSR count). The lowest BCUT2D eigenvalue weighted by molar-refractivity contribution is -0.130. The van der Waals surface area contributed by atoms with Crippen molar-refractivity contribution in [2.75, 3.05) is 13.2 Å². The molecule has 1 amide bonds. The smallest absolute Gasteiger partial charge is 0.266 e. The van der Waals surface area contributed by atoms with Gasteiger partial charge in [-0.2, -0.15) is 0 Å². The second-order valence-electron chi connectivity index (χ2n) is 12.7. The van der Waals surface area contributed by atoms with Crippen molar-refractivity contribution in [1.29, 1.82) is 0 Å². The number of azide groups is 1. The molecule has 4 aromatic rings. The first-order valence-electron chi connectivity index (χ1n) is 17.1. The van der Waals surface area contributed by atoms with Gasteiger partial charge in [-0.3, -0.25) is 10.2 Å². The highest BCUT2D eigenvalue weighted by atomic mass is 16.5. The van der Waals surface area contributed by atoms with Crippen LogP contribution in [-0.2, 0) is 22.5 Å². The minimum Gasteiger partial charge on any atom is -0.494 e. The van der Waals surface area contributed by atoms with E-state index >= 15 is 0 Å². The van der Waals surface area contributed by atoms with Crippen molar-refractivity contribution in [1.82, 2.24) is 10.9 Å². The summed E-state index contributed by atoms with van der Waals surface area (Å²) in [5.41, 5.74) is 19.0. The van der Waals surface area contributed by atoms with Gasteiger partial charge in [0.1, 0.15) is 5.75 Å². The third-order valence-corrected chi connectivity index (χ3v) is 9.32. The first-order chi connectivity index (χ1) is 24.5. The van der Waals surface area contributed by atoms with Gasteiger partial charge in [0.15, 0.2) is 11.6 Å². The monoisotopic (exact) mass is 674 g/mol. The summed E-state index contributed by atoms with van der Waals surface area (Å²) in [6.45, 7) is 0.558. The summed E-state index contributed by atoms with van der Waals surface area (Å²) in [4.78, 5) is 22.8. The molecule has 4 N–H and O–H groups in total. The molecule has 11 heteroatoms. The number of aliphatic hydroxyl groups is 2. The number of ether oxygens (including phenoxy) is 2. The molecule has 1 aliphatic heterocycles. The van der Waals surface area contributed by atoms with Crippen molar-refractivity contribution in [2.45, 2.75) is 68.9 Å². The van der Waals surface area contributed by atoms with Crippen LogP contribution in [0.25, 0.3) is 21.6 Å². The van der Waals surface area contributed by atoms with Gasteiger partial charge in [-0.15, -0.1) is 0 Å². The fourth-order valence-electron chi connectivity index (χ4n) is 6.54. The van der Waals surface area contributed by atoms with Gasteiger partial charge >= 0.3 is 0 Å². The summed E-state index contributed by atoms with van der Waals surface area (Å²) < 4.78 is 12.5. The lowest BCUT2D eigenvalue weighted by atomic mass is 9.80. The quantitative estimate of drug-likeness (QED) is 0.0401. The van der Waals surface area contributed by atoms with Crippen molar-refractivity contribution in [3.05, 3.63) is 136 Å². The third kappa shape index (κ3) is 8.15. The molecule has 0 saturated heterocycles. The number of benzene rings is 4. The van der Waals surface area contributed by atoms with E-state index in [0.717, 1.165) is 40.7 Å². The molecule has 258 valence electrons. The van der Waals surface area contributed by atoms with Gasteiger partial charge in [-0.25, -0.2) is 10.4 Å². The van der Waals surface area contributed by atoms with Gasteiger partial charge in [0.2, 0.25) is 5.90 Å². The standard InChI is InChI=1S/C39H42N6O5/c40-45-41-26-32-10-5-4-9-31(32)25-39(38(48)44-43-33-17-19-34(47)20-18-33)36(29-13-11-28(12-14-29)27-7-2-1-3-8-27)50-37(42-39)30-15-21-35(22-16-30)49-24-6-23-46/h1-5,7-16,21-22,33-34,36,43,46-47H,6,17-20,23-26H2,(H,44,48)/t33?,34?,36-,39-/m0/s1. The number of nitrogens with zero attached hydrogens (tertiary/aromatic N) is 4. The molecule has 2 atom stereocenters. The van der Waals surface area contributed by atoms with Crippen molar-refractivity contribution in [3.63, 3.8) is 0 Å². The predicted octanol–water partition coefficient (Wildman–Crippen LogP) is 6.35. The van der Waals surface area contributed by atoms with Gasteiger partial charge in [0, 0.05) is 36.0 Å². The van der Waals surface area contributed by atoms with Gasteiger partial charge < -0.3 is 19.7 Å². The second kappa shape index (κ2) is 16.5. The second-order valence-corrected chi connectivity index (χ2v) is 12.7. The largest absolute Gasteiger partial charge is 0.494 e. The molecule has 0 aromatic heterocycles. The lowest BCUT2D eigenvalue weighted by Crippen LogP contribution is -2.56. The lowest BCUT2D eigenvalue weighted by Gasteiger charge is -2.33. The molecule has 0 radical (unpaired) electrons. The molecule has 0 unspecified atom stereocenters. The molecule has 1 saturated carbocycles. The highest BCUT2D eigenvalue weighted by Crippen LogP contribution is 2.43. The van der Waals surface area contributed by atoms with Gasteiger partial charge in [0.05, 0.1) is 19.3 Å². The summed E-state index contributed by atoms with van der Waals surface area (Å²) in [5, 5.41) is 23.0. The molecule has 0 bridgehead atoms. The number of carbonyl (C=O) groups excluding carboxylic acids is 1. The Kier molecular flexibility index (Phi) is 11.4. The molecular weight excluding hydrogens is 632 g/mol. The van der Waals surface area contributed by atoms with Crippen LogP contribution in [0.2, 0.25) is 0 Å². The molecule has 2 aliphatic rings. The first-order valence-corrected chi connectivity index (χ1v) is 17.1. The molecule has 1 aliphatic carbocycles. The maximum Gasteiger partial charge on any atom is 0.266 e. The first kappa shape index (κ1) is 34.7. The number of hydrazine groups is 1. The van der Waals surface area contributed by atoms with Crippen LogP contribution in [0, 0.1) is 0 Å². The van der Waals surface area contributed by atoms with Crippen LogP contribution in [0.4, 0.5) is 0 Å². The third-order valence-electron chi connectivity index (χ3n) is 9.32. The molecule has 50 heavy (non-hydrogen) atoms. The minimum atomic E-state index is -1.46. The Morgan fingerprint density at radius 3 is 2.26 bits per heavy atom.